The van der Waals surface area contributed by atoms with E-state index in [9.17, 15) is 0 Å². The number of likely N-dealkylation sites (tertiary alicyclic amines) is 1. The molecule has 0 aliphatic carbocycles. The van der Waals surface area contributed by atoms with Gasteiger partial charge in [0.25, 0.3) is 0 Å². The van der Waals surface area contributed by atoms with Gasteiger partial charge in [-0.3, -0.25) is 4.90 Å². The summed E-state index contributed by atoms with van der Waals surface area (Å²) < 4.78 is 0. The van der Waals surface area contributed by atoms with Crippen molar-refractivity contribution in [3.05, 3.63) is 0 Å². The Morgan fingerprint density at radius 3 is 2.58 bits per heavy atom. The smallest absolute Gasteiger partial charge is 0.0239 e. The van der Waals surface area contributed by atoms with Gasteiger partial charge in [-0.15, -0.1) is 0 Å². The fraction of sp³-hybridized carbons (Fsp3) is 1.00. The molecule has 0 aromatic rings. The van der Waals surface area contributed by atoms with Crippen molar-refractivity contribution in [3.8, 4) is 0 Å². The molecule has 112 valence electrons. The second kappa shape index (κ2) is 6.58. The first kappa shape index (κ1) is 15.3. The van der Waals surface area contributed by atoms with Gasteiger partial charge < -0.3 is 5.32 Å². The number of rotatable bonds is 8. The highest BCUT2D eigenvalue weighted by Gasteiger charge is 2.41. The lowest BCUT2D eigenvalue weighted by atomic mass is 9.76. The zero-order chi connectivity index (χ0) is 13.9. The van der Waals surface area contributed by atoms with Crippen LogP contribution in [0.15, 0.2) is 0 Å². The number of nitrogens with zero attached hydrogens (tertiary/aromatic N) is 1. The molecule has 0 aromatic heterocycles. The molecule has 0 saturated carbocycles. The normalized spacial score (nSPS) is 31.6. The number of unbranched alkanes of at least 4 members (excludes halogenated alkanes) is 1. The molecule has 2 fully saturated rings. The van der Waals surface area contributed by atoms with Gasteiger partial charge in [0.2, 0.25) is 0 Å². The van der Waals surface area contributed by atoms with Crippen molar-refractivity contribution >= 4 is 0 Å². The van der Waals surface area contributed by atoms with Crippen LogP contribution in [-0.4, -0.2) is 36.1 Å². The van der Waals surface area contributed by atoms with Crippen molar-refractivity contribution < 1.29 is 0 Å². The number of nitrogens with one attached hydrogen (secondary N) is 1. The van der Waals surface area contributed by atoms with Gasteiger partial charge >= 0.3 is 0 Å². The molecule has 2 heterocycles. The minimum absolute atomic E-state index is 0.561. The molecule has 2 bridgehead atoms. The Labute approximate surface area is 120 Å². The summed E-state index contributed by atoms with van der Waals surface area (Å²) in [5, 5.41) is 3.63. The minimum Gasteiger partial charge on any atom is -0.311 e. The summed E-state index contributed by atoms with van der Waals surface area (Å²) in [5.74, 6) is 0. The maximum Gasteiger partial charge on any atom is 0.0239 e. The molecule has 2 aliphatic heterocycles. The third-order valence-electron chi connectivity index (χ3n) is 5.76. The van der Waals surface area contributed by atoms with Gasteiger partial charge in [-0.1, -0.05) is 47.0 Å². The van der Waals surface area contributed by atoms with Gasteiger partial charge in [0.15, 0.2) is 0 Å². The van der Waals surface area contributed by atoms with E-state index in [2.05, 4.69) is 37.9 Å². The van der Waals surface area contributed by atoms with E-state index >= 15 is 0 Å². The van der Waals surface area contributed by atoms with Crippen molar-refractivity contribution in [2.24, 2.45) is 5.41 Å². The first-order chi connectivity index (χ1) is 9.11. The van der Waals surface area contributed by atoms with Gasteiger partial charge in [-0.2, -0.15) is 0 Å². The molecule has 0 spiro atoms. The summed E-state index contributed by atoms with van der Waals surface area (Å²) in [6.45, 7) is 12.2. The molecule has 2 aliphatic rings. The van der Waals surface area contributed by atoms with Crippen LogP contribution in [0.1, 0.15) is 72.6 Å². The maximum atomic E-state index is 3.63. The maximum absolute atomic E-state index is 3.63. The fourth-order valence-electron chi connectivity index (χ4n) is 4.13. The lowest BCUT2D eigenvalue weighted by molar-refractivity contribution is 0.0978. The van der Waals surface area contributed by atoms with E-state index in [1.165, 1.54) is 58.0 Å². The topological polar surface area (TPSA) is 15.3 Å². The molecule has 2 saturated heterocycles. The third-order valence-corrected chi connectivity index (χ3v) is 5.76. The van der Waals surface area contributed by atoms with E-state index in [0.29, 0.717) is 5.41 Å². The Morgan fingerprint density at radius 2 is 2.11 bits per heavy atom. The van der Waals surface area contributed by atoms with Crippen molar-refractivity contribution in [1.82, 2.24) is 10.2 Å². The van der Waals surface area contributed by atoms with Crippen LogP contribution in [0.25, 0.3) is 0 Å². The highest BCUT2D eigenvalue weighted by atomic mass is 15.3. The van der Waals surface area contributed by atoms with Crippen LogP contribution < -0.4 is 5.32 Å². The summed E-state index contributed by atoms with van der Waals surface area (Å²) >= 11 is 0. The quantitative estimate of drug-likeness (QED) is 0.719. The molecule has 2 nitrogen and oxygen atoms in total. The molecule has 2 unspecified atom stereocenters. The molecule has 2 heteroatoms. The van der Waals surface area contributed by atoms with Crippen molar-refractivity contribution in [2.45, 2.75) is 90.8 Å². The third kappa shape index (κ3) is 3.52. The summed E-state index contributed by atoms with van der Waals surface area (Å²) in [6, 6.07) is 2.45. The van der Waals surface area contributed by atoms with Crippen LogP contribution in [-0.2, 0) is 0 Å². The number of hydrogen-bond donors (Lipinski definition) is 1. The Kier molecular flexibility index (Phi) is 5.30. The molecule has 19 heavy (non-hydrogen) atoms. The molecular formula is C17H34N2. The van der Waals surface area contributed by atoms with E-state index in [-0.39, 0.29) is 0 Å². The van der Waals surface area contributed by atoms with Gasteiger partial charge in [0.05, 0.1) is 0 Å². The molecular weight excluding hydrogens is 232 g/mol. The fourth-order valence-corrected chi connectivity index (χ4v) is 4.13. The van der Waals surface area contributed by atoms with Crippen molar-refractivity contribution in [2.75, 3.05) is 13.1 Å². The van der Waals surface area contributed by atoms with Crippen LogP contribution in [0.2, 0.25) is 0 Å². The van der Waals surface area contributed by atoms with Gasteiger partial charge in [-0.25, -0.2) is 0 Å². The summed E-state index contributed by atoms with van der Waals surface area (Å²) in [7, 11) is 0. The first-order valence-corrected chi connectivity index (χ1v) is 8.61. The highest BCUT2D eigenvalue weighted by molar-refractivity contribution is 5.00. The Hall–Kier alpha value is -0.0800. The highest BCUT2D eigenvalue weighted by Crippen LogP contribution is 2.38. The average molecular weight is 266 g/mol. The Morgan fingerprint density at radius 1 is 1.32 bits per heavy atom. The minimum atomic E-state index is 0.561. The second-order valence-corrected chi connectivity index (χ2v) is 7.23. The first-order valence-electron chi connectivity index (χ1n) is 8.61. The average Bonchev–Trinajstić information content (AvgIpc) is 3.05. The van der Waals surface area contributed by atoms with E-state index in [0.717, 1.165) is 18.1 Å². The van der Waals surface area contributed by atoms with E-state index in [1.54, 1.807) is 0 Å². The van der Waals surface area contributed by atoms with Crippen LogP contribution in [0, 0.1) is 5.41 Å². The summed E-state index contributed by atoms with van der Waals surface area (Å²) in [6.07, 6.45) is 9.61. The molecule has 1 N–H and O–H groups in total. The number of fused-ring (bicyclic) bond motifs is 2. The summed E-state index contributed by atoms with van der Waals surface area (Å²) in [4.78, 5) is 2.83. The molecule has 0 aromatic carbocycles. The second-order valence-electron chi connectivity index (χ2n) is 7.23. The van der Waals surface area contributed by atoms with Crippen LogP contribution in [0.5, 0.6) is 0 Å². The zero-order valence-electron chi connectivity index (χ0n) is 13.5. The van der Waals surface area contributed by atoms with Crippen molar-refractivity contribution in [3.63, 3.8) is 0 Å². The van der Waals surface area contributed by atoms with Crippen LogP contribution in [0.4, 0.5) is 0 Å². The van der Waals surface area contributed by atoms with Gasteiger partial charge in [-0.05, 0) is 31.1 Å². The number of hydrogen-bond acceptors (Lipinski definition) is 2. The molecule has 4 atom stereocenters. The molecule has 0 amide bonds. The monoisotopic (exact) mass is 266 g/mol. The Balaban J connectivity index is 1.93. The van der Waals surface area contributed by atoms with Gasteiger partial charge in [0, 0.05) is 31.2 Å². The Bertz CT molecular complexity index is 278. The largest absolute Gasteiger partial charge is 0.311 e. The predicted octanol–water partition coefficient (Wildman–Crippen LogP) is 3.81. The predicted molar refractivity (Wildman–Crippen MR) is 83.5 cm³/mol. The molecule has 2 rings (SSSR count). The summed E-state index contributed by atoms with van der Waals surface area (Å²) in [5.41, 5.74) is 0.561. The van der Waals surface area contributed by atoms with Crippen molar-refractivity contribution in [1.29, 1.82) is 0 Å². The van der Waals surface area contributed by atoms with Crippen LogP contribution in [0.3, 0.4) is 0 Å². The number of piperazine rings is 1. The lowest BCUT2D eigenvalue weighted by Crippen LogP contribution is -2.49. The van der Waals surface area contributed by atoms with E-state index < -0.39 is 0 Å². The lowest BCUT2D eigenvalue weighted by Gasteiger charge is -2.40. The SMILES string of the molecule is CCCCC(C)(CC)CC(CC)N1C[C@@H]2C[C@H]1CN2. The van der Waals surface area contributed by atoms with Gasteiger partial charge in [0.1, 0.15) is 0 Å². The molecule has 0 radical (unpaired) electrons. The van der Waals surface area contributed by atoms with E-state index in [4.69, 9.17) is 0 Å². The zero-order valence-corrected chi connectivity index (χ0v) is 13.5. The van der Waals surface area contributed by atoms with Crippen LogP contribution >= 0.6 is 0 Å². The standard InChI is InChI=1S/C17H34N2/c1-5-8-9-17(4,7-3)11-15(6-2)19-13-14-10-16(19)12-18-14/h14-16,18H,5-13H2,1-4H3/t14-,15?,16-,17?/m0/s1. The van der Waals surface area contributed by atoms with E-state index in [1.807, 2.05) is 0 Å².